The van der Waals surface area contributed by atoms with E-state index in [-0.39, 0.29) is 17.9 Å². The van der Waals surface area contributed by atoms with Crippen LogP contribution in [-0.4, -0.2) is 11.2 Å². The third kappa shape index (κ3) is 2.24. The van der Waals surface area contributed by atoms with Crippen molar-refractivity contribution in [1.82, 2.24) is 0 Å². The van der Waals surface area contributed by atoms with Crippen molar-refractivity contribution in [3.63, 3.8) is 0 Å². The number of carbonyl (C=O) groups is 1. The molecule has 2 rings (SSSR count). The van der Waals surface area contributed by atoms with Crippen LogP contribution in [0.1, 0.15) is 35.4 Å². The fraction of sp³-hybridized carbons (Fsp3) is 0.417. The maximum Gasteiger partial charge on any atom is 0.410 e. The summed E-state index contributed by atoms with van der Waals surface area (Å²) in [7, 11) is 0. The molecule has 3 N–H and O–H groups in total. The van der Waals surface area contributed by atoms with E-state index in [4.69, 9.17) is 5.73 Å². The molecular formula is C12H14FNO3. The van der Waals surface area contributed by atoms with E-state index in [9.17, 15) is 14.3 Å². The molecule has 92 valence electrons. The lowest BCUT2D eigenvalue weighted by atomic mass is 9.99. The highest BCUT2D eigenvalue weighted by atomic mass is 19.1. The Balaban J connectivity index is 2.50. The second-order valence-electron chi connectivity index (χ2n) is 4.25. The van der Waals surface area contributed by atoms with E-state index in [1.807, 2.05) is 0 Å². The van der Waals surface area contributed by atoms with E-state index in [1.165, 1.54) is 0 Å². The molecule has 1 aliphatic rings. The van der Waals surface area contributed by atoms with Gasteiger partial charge in [-0.2, -0.15) is 0 Å². The van der Waals surface area contributed by atoms with Gasteiger partial charge in [-0.1, -0.05) is 0 Å². The zero-order valence-corrected chi connectivity index (χ0v) is 9.50. The van der Waals surface area contributed by atoms with Gasteiger partial charge in [0.05, 0.1) is 6.61 Å². The lowest BCUT2D eigenvalue weighted by Crippen LogP contribution is -2.18. The number of nitrogens with two attached hydrogens (primary N) is 1. The van der Waals surface area contributed by atoms with Crippen LogP contribution in [0, 0.1) is 12.7 Å². The van der Waals surface area contributed by atoms with Crippen LogP contribution in [0.5, 0.6) is 5.75 Å². The Kier molecular flexibility index (Phi) is 3.02. The molecule has 0 saturated heterocycles. The lowest BCUT2D eigenvalue weighted by Gasteiger charge is -2.13. The summed E-state index contributed by atoms with van der Waals surface area (Å²) in [5.74, 6) is -0.517. The van der Waals surface area contributed by atoms with Gasteiger partial charge in [0.1, 0.15) is 0 Å². The summed E-state index contributed by atoms with van der Waals surface area (Å²) in [5.41, 5.74) is 6.46. The quantitative estimate of drug-likeness (QED) is 0.846. The Morgan fingerprint density at radius 1 is 1.65 bits per heavy atom. The Labute approximate surface area is 98.2 Å². The first-order valence-electron chi connectivity index (χ1n) is 5.44. The van der Waals surface area contributed by atoms with Gasteiger partial charge in [-0.05, 0) is 42.9 Å². The Bertz CT molecular complexity index is 469. The summed E-state index contributed by atoms with van der Waals surface area (Å²) in [6, 6.07) is 1.69. The topological polar surface area (TPSA) is 72.6 Å². The van der Waals surface area contributed by atoms with Crippen molar-refractivity contribution in [2.75, 3.05) is 0 Å². The first-order valence-corrected chi connectivity index (χ1v) is 5.44. The average Bonchev–Trinajstić information content (AvgIpc) is 3.09. The molecular weight excluding hydrogens is 225 g/mol. The fourth-order valence-electron chi connectivity index (χ4n) is 1.95. The second-order valence-corrected chi connectivity index (χ2v) is 4.25. The van der Waals surface area contributed by atoms with E-state index in [2.05, 4.69) is 4.74 Å². The highest BCUT2D eigenvalue weighted by Gasteiger charge is 2.29. The molecule has 0 radical (unpaired) electrons. The number of ether oxygens (including phenoxy) is 1. The Morgan fingerprint density at radius 2 is 2.29 bits per heavy atom. The van der Waals surface area contributed by atoms with Crippen LogP contribution in [0.3, 0.4) is 0 Å². The van der Waals surface area contributed by atoms with Crippen molar-refractivity contribution in [1.29, 1.82) is 0 Å². The van der Waals surface area contributed by atoms with E-state index in [0.29, 0.717) is 11.5 Å². The Morgan fingerprint density at radius 3 is 2.76 bits per heavy atom. The van der Waals surface area contributed by atoms with Gasteiger partial charge in [-0.15, -0.1) is 0 Å². The van der Waals surface area contributed by atoms with E-state index in [0.717, 1.165) is 18.4 Å². The number of carbonyl (C=O) groups excluding carboxylic acids is 1. The first kappa shape index (κ1) is 11.9. The van der Waals surface area contributed by atoms with E-state index in [1.54, 1.807) is 13.0 Å². The zero-order chi connectivity index (χ0) is 12.6. The standard InChI is InChI=1S/C12H14FNO3/c1-6-9(7-2-3-7)4-8(5-15)11(10(6)13)17-12(14)16/h4,7,15H,2-3,5H2,1H3,(H2,14,16). The number of aliphatic hydroxyl groups is 1. The number of hydrogen-bond donors (Lipinski definition) is 2. The average molecular weight is 239 g/mol. The van der Waals surface area contributed by atoms with Gasteiger partial charge in [0.2, 0.25) is 0 Å². The van der Waals surface area contributed by atoms with Gasteiger partial charge in [0.15, 0.2) is 11.6 Å². The number of aliphatic hydroxyl groups excluding tert-OH is 1. The predicted molar refractivity (Wildman–Crippen MR) is 59.2 cm³/mol. The molecule has 0 unspecified atom stereocenters. The smallest absolute Gasteiger partial charge is 0.407 e. The molecule has 0 spiro atoms. The molecule has 0 bridgehead atoms. The number of benzene rings is 1. The summed E-state index contributed by atoms with van der Waals surface area (Å²) in [6.45, 7) is 1.25. The molecule has 0 atom stereocenters. The summed E-state index contributed by atoms with van der Waals surface area (Å²) in [5, 5.41) is 9.17. The normalized spacial score (nSPS) is 14.8. The van der Waals surface area contributed by atoms with Crippen LogP contribution in [0.25, 0.3) is 0 Å². The first-order chi connectivity index (χ1) is 8.04. The van der Waals surface area contributed by atoms with Crippen LogP contribution < -0.4 is 10.5 Å². The van der Waals surface area contributed by atoms with Gasteiger partial charge >= 0.3 is 6.09 Å². The van der Waals surface area contributed by atoms with E-state index < -0.39 is 11.9 Å². The fourth-order valence-corrected chi connectivity index (χ4v) is 1.95. The molecule has 1 aliphatic carbocycles. The molecule has 0 heterocycles. The van der Waals surface area contributed by atoms with Gasteiger partial charge < -0.3 is 15.6 Å². The highest BCUT2D eigenvalue weighted by Crippen LogP contribution is 2.44. The van der Waals surface area contributed by atoms with Gasteiger partial charge in [-0.25, -0.2) is 9.18 Å². The van der Waals surface area contributed by atoms with Crippen molar-refractivity contribution in [2.24, 2.45) is 5.73 Å². The summed E-state index contributed by atoms with van der Waals surface area (Å²) >= 11 is 0. The van der Waals surface area contributed by atoms with Crippen LogP contribution in [0.4, 0.5) is 9.18 Å². The molecule has 1 amide bonds. The largest absolute Gasteiger partial charge is 0.410 e. The number of hydrogen-bond acceptors (Lipinski definition) is 3. The lowest BCUT2D eigenvalue weighted by molar-refractivity contribution is 0.205. The van der Waals surface area contributed by atoms with Crippen molar-refractivity contribution in [3.8, 4) is 5.75 Å². The van der Waals surface area contributed by atoms with E-state index >= 15 is 0 Å². The number of primary amides is 1. The molecule has 1 fully saturated rings. The zero-order valence-electron chi connectivity index (χ0n) is 9.50. The maximum atomic E-state index is 14.0. The minimum Gasteiger partial charge on any atom is -0.407 e. The van der Waals surface area contributed by atoms with Crippen LogP contribution in [0.2, 0.25) is 0 Å². The minimum atomic E-state index is -1.09. The van der Waals surface area contributed by atoms with Gasteiger partial charge in [-0.3, -0.25) is 0 Å². The van der Waals surface area contributed by atoms with Crippen molar-refractivity contribution in [3.05, 3.63) is 28.6 Å². The molecule has 17 heavy (non-hydrogen) atoms. The van der Waals surface area contributed by atoms with Gasteiger partial charge in [0.25, 0.3) is 0 Å². The van der Waals surface area contributed by atoms with Crippen molar-refractivity contribution in [2.45, 2.75) is 32.3 Å². The molecule has 1 saturated carbocycles. The number of rotatable bonds is 3. The Hall–Kier alpha value is -1.62. The van der Waals surface area contributed by atoms with Crippen molar-refractivity contribution < 1.29 is 19.0 Å². The number of amides is 1. The molecule has 1 aromatic carbocycles. The molecule has 4 nitrogen and oxygen atoms in total. The van der Waals surface area contributed by atoms with Crippen molar-refractivity contribution >= 4 is 6.09 Å². The summed E-state index contributed by atoms with van der Waals surface area (Å²) in [6.07, 6.45) is 0.972. The second kappa shape index (κ2) is 4.33. The van der Waals surface area contributed by atoms with Crippen LogP contribution in [0.15, 0.2) is 6.07 Å². The minimum absolute atomic E-state index is 0.258. The monoisotopic (exact) mass is 239 g/mol. The number of halogens is 1. The highest BCUT2D eigenvalue weighted by molar-refractivity contribution is 5.69. The SMILES string of the molecule is Cc1c(C2CC2)cc(CO)c(OC(N)=O)c1F. The van der Waals surface area contributed by atoms with Crippen LogP contribution >= 0.6 is 0 Å². The van der Waals surface area contributed by atoms with Gasteiger partial charge in [0, 0.05) is 5.56 Å². The molecule has 5 heteroatoms. The summed E-state index contributed by atoms with van der Waals surface area (Å²) in [4.78, 5) is 10.7. The molecule has 1 aromatic rings. The summed E-state index contributed by atoms with van der Waals surface area (Å²) < 4.78 is 18.6. The third-order valence-corrected chi connectivity index (χ3v) is 2.97. The third-order valence-electron chi connectivity index (χ3n) is 2.97. The predicted octanol–water partition coefficient (Wildman–Crippen LogP) is 1.96. The maximum absolute atomic E-state index is 14.0. The molecule has 0 aliphatic heterocycles. The molecule has 0 aromatic heterocycles. The van der Waals surface area contributed by atoms with Crippen LogP contribution in [-0.2, 0) is 6.61 Å².